The third-order valence-electron chi connectivity index (χ3n) is 9.27. The van der Waals surface area contributed by atoms with E-state index >= 15 is 4.79 Å². The second-order valence-electron chi connectivity index (χ2n) is 11.9. The number of rotatable bonds is 8. The number of nitriles is 1. The zero-order valence-corrected chi connectivity index (χ0v) is 27.3. The molecule has 0 saturated carbocycles. The highest BCUT2D eigenvalue weighted by Gasteiger charge is 2.62. The Balaban J connectivity index is 1.45. The van der Waals surface area contributed by atoms with Crippen molar-refractivity contribution in [1.82, 2.24) is 20.1 Å². The van der Waals surface area contributed by atoms with Gasteiger partial charge in [-0.25, -0.2) is 17.7 Å². The van der Waals surface area contributed by atoms with Crippen molar-refractivity contribution in [3.8, 4) is 11.8 Å². The van der Waals surface area contributed by atoms with Gasteiger partial charge in [0.05, 0.1) is 41.6 Å². The van der Waals surface area contributed by atoms with Gasteiger partial charge in [0.2, 0.25) is 5.89 Å². The average molecular weight is 673 g/mol. The van der Waals surface area contributed by atoms with E-state index in [0.717, 1.165) is 36.0 Å². The smallest absolute Gasteiger partial charge is 0.271 e. The van der Waals surface area contributed by atoms with Gasteiger partial charge in [-0.05, 0) is 66.9 Å². The van der Waals surface area contributed by atoms with Gasteiger partial charge in [0.25, 0.3) is 15.9 Å². The first kappa shape index (κ1) is 31.4. The molecule has 3 aliphatic heterocycles. The Morgan fingerprint density at radius 3 is 2.57 bits per heavy atom. The number of halogens is 1. The van der Waals surface area contributed by atoms with E-state index in [2.05, 4.69) is 15.2 Å². The Morgan fingerprint density at radius 1 is 1.09 bits per heavy atom. The largest absolute Gasteiger partial charge is 0.496 e. The molecule has 1 amide bonds. The minimum absolute atomic E-state index is 0.120. The molecule has 13 heteroatoms. The number of carbonyl (C=O) groups is 1. The molecule has 2 atom stereocenters. The topological polar surface area (TPSA) is 132 Å². The lowest BCUT2D eigenvalue weighted by atomic mass is 9.80. The number of aromatic nitrogens is 1. The van der Waals surface area contributed by atoms with Gasteiger partial charge >= 0.3 is 0 Å². The van der Waals surface area contributed by atoms with E-state index in [9.17, 15) is 13.7 Å². The van der Waals surface area contributed by atoms with Crippen LogP contribution in [0.25, 0.3) is 0 Å². The highest BCUT2D eigenvalue weighted by atomic mass is 35.5. The van der Waals surface area contributed by atoms with Crippen LogP contribution in [-0.4, -0.2) is 68.9 Å². The summed E-state index contributed by atoms with van der Waals surface area (Å²) in [7, 11) is -2.90. The normalized spacial score (nSPS) is 21.9. The summed E-state index contributed by atoms with van der Waals surface area (Å²) in [6, 6.07) is 17.7. The molecule has 0 aliphatic carbocycles. The number of nitrogens with zero attached hydrogens (tertiary/aromatic N) is 5. The van der Waals surface area contributed by atoms with E-state index in [1.54, 1.807) is 31.5 Å². The summed E-state index contributed by atoms with van der Waals surface area (Å²) in [5.41, 5.74) is 0.733. The second kappa shape index (κ2) is 12.4. The molecule has 3 aliphatic rings. The minimum atomic E-state index is -4.45. The number of piperazine rings is 1. The molecule has 2 unspecified atom stereocenters. The zero-order chi connectivity index (χ0) is 32.8. The van der Waals surface area contributed by atoms with E-state index in [1.165, 1.54) is 30.5 Å². The molecular weight excluding hydrogens is 640 g/mol. The summed E-state index contributed by atoms with van der Waals surface area (Å²) < 4.78 is 41.6. The van der Waals surface area contributed by atoms with Crippen LogP contribution >= 0.6 is 11.6 Å². The maximum atomic E-state index is 15.4. The number of hydrogen-bond donors (Lipinski definition) is 1. The van der Waals surface area contributed by atoms with Crippen molar-refractivity contribution in [2.45, 2.75) is 35.9 Å². The Bertz CT molecular complexity index is 1960. The first-order valence-electron chi connectivity index (χ1n) is 15.5. The number of nitrogens with one attached hydrogen (secondary N) is 1. The Kier molecular flexibility index (Phi) is 8.28. The summed E-state index contributed by atoms with van der Waals surface area (Å²) in [6.07, 6.45) is 4.40. The first-order chi connectivity index (χ1) is 22.8. The molecule has 47 heavy (non-hydrogen) atoms. The van der Waals surface area contributed by atoms with E-state index in [1.807, 2.05) is 29.2 Å². The number of fused-ring (bicyclic) bond motifs is 1. The van der Waals surface area contributed by atoms with Crippen molar-refractivity contribution in [1.29, 1.82) is 5.26 Å². The quantitative estimate of drug-likeness (QED) is 0.287. The Morgan fingerprint density at radius 2 is 1.87 bits per heavy atom. The molecule has 4 heterocycles. The summed E-state index contributed by atoms with van der Waals surface area (Å²) in [4.78, 5) is 24.1. The van der Waals surface area contributed by atoms with Crippen LogP contribution in [0, 0.1) is 11.3 Å². The number of oxazole rings is 1. The third-order valence-corrected chi connectivity index (χ3v) is 11.2. The van der Waals surface area contributed by atoms with Crippen molar-refractivity contribution >= 4 is 33.2 Å². The molecule has 4 aromatic rings. The molecular formula is C34H33ClN6O5S. The average Bonchev–Trinajstić information content (AvgIpc) is 3.84. The van der Waals surface area contributed by atoms with Crippen LogP contribution in [-0.2, 0) is 26.9 Å². The van der Waals surface area contributed by atoms with Gasteiger partial charge in [-0.2, -0.15) is 5.26 Å². The molecule has 7 rings (SSSR count). The van der Waals surface area contributed by atoms with Crippen LogP contribution in [0.2, 0.25) is 5.02 Å². The maximum absolute atomic E-state index is 15.4. The van der Waals surface area contributed by atoms with Crippen LogP contribution < -0.4 is 14.4 Å². The number of anilines is 1. The number of benzene rings is 3. The number of methoxy groups -OCH3 is 1. The fourth-order valence-corrected chi connectivity index (χ4v) is 8.80. The minimum Gasteiger partial charge on any atom is -0.496 e. The molecule has 2 fully saturated rings. The highest BCUT2D eigenvalue weighted by Crippen LogP contribution is 2.56. The number of likely N-dealkylation sites (tertiary alicyclic amines) is 1. The lowest BCUT2D eigenvalue weighted by Crippen LogP contribution is -2.54. The van der Waals surface area contributed by atoms with Gasteiger partial charge in [0.1, 0.15) is 12.0 Å². The standard InChI is InChI=1S/C34H33ClN6O5S/c1-45-31-19-24(22-39-16-12-37-13-17-39)6-10-27(31)34(40-15-2-3-30(40)32-38-14-18-46-32)28-20-25(35)7-11-29(28)41(33(34)42)47(43,44)26-8-4-23(21-36)5-9-26/h4-11,14,18-20,30,37H,2-3,12-13,15-17,22H2,1H3. The number of amides is 1. The van der Waals surface area contributed by atoms with E-state index in [-0.39, 0.29) is 10.6 Å². The van der Waals surface area contributed by atoms with Crippen molar-refractivity contribution in [3.63, 3.8) is 0 Å². The molecule has 11 nitrogen and oxygen atoms in total. The Labute approximate surface area is 278 Å². The Hall–Kier alpha value is -4.25. The molecule has 2 saturated heterocycles. The number of sulfonamides is 1. The fraction of sp³-hybridized carbons (Fsp3) is 0.324. The highest BCUT2D eigenvalue weighted by molar-refractivity contribution is 7.93. The van der Waals surface area contributed by atoms with Crippen molar-refractivity contribution in [2.75, 3.05) is 44.1 Å². The van der Waals surface area contributed by atoms with Crippen molar-refractivity contribution in [2.24, 2.45) is 0 Å². The monoisotopic (exact) mass is 672 g/mol. The fourth-order valence-electron chi connectivity index (χ4n) is 7.17. The van der Waals surface area contributed by atoms with Crippen molar-refractivity contribution < 1.29 is 22.4 Å². The van der Waals surface area contributed by atoms with Crippen LogP contribution in [0.3, 0.4) is 0 Å². The molecule has 242 valence electrons. The van der Waals surface area contributed by atoms with E-state index < -0.39 is 27.5 Å². The van der Waals surface area contributed by atoms with Gasteiger partial charge < -0.3 is 14.5 Å². The summed E-state index contributed by atoms with van der Waals surface area (Å²) in [6.45, 7) is 4.78. The van der Waals surface area contributed by atoms with Crippen LogP contribution in [0.4, 0.5) is 5.69 Å². The van der Waals surface area contributed by atoms with Gasteiger partial charge in [-0.15, -0.1) is 0 Å². The predicted molar refractivity (Wildman–Crippen MR) is 174 cm³/mol. The summed E-state index contributed by atoms with van der Waals surface area (Å²) >= 11 is 6.65. The first-order valence-corrected chi connectivity index (χ1v) is 17.3. The second-order valence-corrected chi connectivity index (χ2v) is 14.1. The summed E-state index contributed by atoms with van der Waals surface area (Å²) in [5, 5.41) is 13.0. The summed E-state index contributed by atoms with van der Waals surface area (Å²) in [5.74, 6) is 0.194. The van der Waals surface area contributed by atoms with Gasteiger partial charge in [0, 0.05) is 55.4 Å². The van der Waals surface area contributed by atoms with Gasteiger partial charge in [-0.1, -0.05) is 23.7 Å². The van der Waals surface area contributed by atoms with Crippen molar-refractivity contribution in [3.05, 3.63) is 106 Å². The molecule has 1 N–H and O–H groups in total. The molecule has 0 spiro atoms. The SMILES string of the molecule is COc1cc(CN2CCNCC2)ccc1C1(N2CCCC2c2ncco2)C(=O)N(S(=O)(=O)c2ccc(C#N)cc2)c2ccc(Cl)cc21. The number of hydrogen-bond acceptors (Lipinski definition) is 10. The van der Waals surface area contributed by atoms with E-state index in [4.69, 9.17) is 20.8 Å². The number of ether oxygens (including phenoxy) is 1. The lowest BCUT2D eigenvalue weighted by molar-refractivity contribution is -0.127. The van der Waals surface area contributed by atoms with Gasteiger partial charge in [0.15, 0.2) is 5.54 Å². The van der Waals surface area contributed by atoms with Crippen LogP contribution in [0.5, 0.6) is 5.75 Å². The molecule has 3 aromatic carbocycles. The van der Waals surface area contributed by atoms with E-state index in [0.29, 0.717) is 59.3 Å². The predicted octanol–water partition coefficient (Wildman–Crippen LogP) is 4.43. The van der Waals surface area contributed by atoms with Gasteiger partial charge in [-0.3, -0.25) is 14.6 Å². The molecule has 1 aromatic heterocycles. The lowest BCUT2D eigenvalue weighted by Gasteiger charge is -2.41. The molecule has 0 bridgehead atoms. The maximum Gasteiger partial charge on any atom is 0.271 e. The van der Waals surface area contributed by atoms with Crippen LogP contribution in [0.1, 0.15) is 47.0 Å². The van der Waals surface area contributed by atoms with Crippen LogP contribution in [0.15, 0.2) is 82.4 Å². The third kappa shape index (κ3) is 5.19. The number of carbonyl (C=O) groups excluding carboxylic acids is 1. The molecule has 0 radical (unpaired) electrons. The zero-order valence-electron chi connectivity index (χ0n) is 25.7.